The Bertz CT molecular complexity index is 687. The number of fused-ring (bicyclic) bond motifs is 1. The molecular weight excluding hydrogens is 288 g/mol. The van der Waals surface area contributed by atoms with Gasteiger partial charge in [0.2, 0.25) is 11.8 Å². The Morgan fingerprint density at radius 1 is 0.913 bits per heavy atom. The Morgan fingerprint density at radius 3 is 2.26 bits per heavy atom. The fourth-order valence-electron chi connectivity index (χ4n) is 2.71. The van der Waals surface area contributed by atoms with Crippen molar-refractivity contribution in [1.82, 2.24) is 9.80 Å². The van der Waals surface area contributed by atoms with E-state index in [1.807, 2.05) is 56.3 Å². The number of rotatable bonds is 6. The van der Waals surface area contributed by atoms with Gasteiger partial charge in [-0.2, -0.15) is 0 Å². The number of amides is 2. The van der Waals surface area contributed by atoms with Gasteiger partial charge in [-0.25, -0.2) is 0 Å². The van der Waals surface area contributed by atoms with E-state index in [0.717, 1.165) is 16.3 Å². The molecule has 0 aliphatic heterocycles. The van der Waals surface area contributed by atoms with Crippen LogP contribution in [0.15, 0.2) is 42.5 Å². The molecule has 0 radical (unpaired) electrons. The largest absolute Gasteiger partial charge is 0.342 e. The molecule has 0 spiro atoms. The van der Waals surface area contributed by atoms with Crippen molar-refractivity contribution >= 4 is 22.6 Å². The molecule has 4 heteroatoms. The molecule has 0 atom stereocenters. The number of hydrogen-bond acceptors (Lipinski definition) is 2. The molecule has 0 unspecified atom stereocenters. The van der Waals surface area contributed by atoms with E-state index in [9.17, 15) is 9.59 Å². The first kappa shape index (κ1) is 17.0. The lowest BCUT2D eigenvalue weighted by molar-refractivity contribution is -0.138. The van der Waals surface area contributed by atoms with Crippen molar-refractivity contribution in [2.75, 3.05) is 26.7 Å². The van der Waals surface area contributed by atoms with E-state index in [0.29, 0.717) is 19.5 Å². The third kappa shape index (κ3) is 4.09. The predicted molar refractivity (Wildman–Crippen MR) is 93.2 cm³/mol. The first-order chi connectivity index (χ1) is 11.1. The lowest BCUT2D eigenvalue weighted by Crippen LogP contribution is -2.41. The second-order valence-electron chi connectivity index (χ2n) is 5.63. The summed E-state index contributed by atoms with van der Waals surface area (Å²) in [6.45, 7) is 5.35. The molecule has 2 rings (SSSR count). The van der Waals surface area contributed by atoms with Crippen molar-refractivity contribution in [2.24, 2.45) is 0 Å². The van der Waals surface area contributed by atoms with E-state index >= 15 is 0 Å². The monoisotopic (exact) mass is 312 g/mol. The van der Waals surface area contributed by atoms with Gasteiger partial charge in [-0.15, -0.1) is 0 Å². The van der Waals surface area contributed by atoms with E-state index in [4.69, 9.17) is 0 Å². The number of benzene rings is 2. The van der Waals surface area contributed by atoms with Gasteiger partial charge in [0.05, 0.1) is 13.0 Å². The van der Waals surface area contributed by atoms with Crippen molar-refractivity contribution in [3.05, 3.63) is 48.0 Å². The van der Waals surface area contributed by atoms with Gasteiger partial charge in [0, 0.05) is 20.1 Å². The van der Waals surface area contributed by atoms with Crippen LogP contribution in [-0.4, -0.2) is 48.3 Å². The van der Waals surface area contributed by atoms with Crippen LogP contribution in [0.25, 0.3) is 10.8 Å². The van der Waals surface area contributed by atoms with Gasteiger partial charge in [-0.3, -0.25) is 9.59 Å². The van der Waals surface area contributed by atoms with Crippen molar-refractivity contribution in [3.63, 3.8) is 0 Å². The number of carbonyl (C=O) groups is 2. The van der Waals surface area contributed by atoms with Crippen molar-refractivity contribution in [1.29, 1.82) is 0 Å². The zero-order chi connectivity index (χ0) is 16.8. The van der Waals surface area contributed by atoms with Gasteiger partial charge in [0.25, 0.3) is 0 Å². The number of likely N-dealkylation sites (N-methyl/N-ethyl adjacent to an activating group) is 2. The summed E-state index contributed by atoms with van der Waals surface area (Å²) in [5, 5.41) is 2.21. The van der Waals surface area contributed by atoms with Crippen LogP contribution in [0.4, 0.5) is 0 Å². The van der Waals surface area contributed by atoms with Crippen LogP contribution in [-0.2, 0) is 16.0 Å². The van der Waals surface area contributed by atoms with Gasteiger partial charge in [0.1, 0.15) is 0 Å². The van der Waals surface area contributed by atoms with E-state index in [2.05, 4.69) is 0 Å². The third-order valence-electron chi connectivity index (χ3n) is 4.14. The van der Waals surface area contributed by atoms with Crippen LogP contribution in [0.1, 0.15) is 19.4 Å². The molecule has 2 aromatic rings. The minimum absolute atomic E-state index is 0.0104. The zero-order valence-corrected chi connectivity index (χ0v) is 14.1. The summed E-state index contributed by atoms with van der Waals surface area (Å²) in [5.74, 6) is -0.0503. The summed E-state index contributed by atoms with van der Waals surface area (Å²) < 4.78 is 0. The summed E-state index contributed by atoms with van der Waals surface area (Å²) in [4.78, 5) is 27.8. The lowest BCUT2D eigenvalue weighted by Gasteiger charge is -2.23. The van der Waals surface area contributed by atoms with Crippen LogP contribution >= 0.6 is 0 Å². The van der Waals surface area contributed by atoms with Gasteiger partial charge < -0.3 is 9.80 Å². The van der Waals surface area contributed by atoms with E-state index < -0.39 is 0 Å². The van der Waals surface area contributed by atoms with Crippen molar-refractivity contribution in [2.45, 2.75) is 20.3 Å². The molecule has 0 fully saturated rings. The molecule has 0 bridgehead atoms. The SMILES string of the molecule is CCN(CC)C(=O)CN(C)C(=O)Cc1cccc2ccccc12. The average Bonchev–Trinajstić information content (AvgIpc) is 2.56. The summed E-state index contributed by atoms with van der Waals surface area (Å²) in [7, 11) is 1.69. The Balaban J connectivity index is 2.07. The molecule has 0 saturated heterocycles. The molecule has 2 amide bonds. The zero-order valence-electron chi connectivity index (χ0n) is 14.1. The van der Waals surface area contributed by atoms with E-state index in [1.54, 1.807) is 11.9 Å². The quantitative estimate of drug-likeness (QED) is 0.823. The van der Waals surface area contributed by atoms with E-state index in [-0.39, 0.29) is 18.4 Å². The van der Waals surface area contributed by atoms with Gasteiger partial charge in [-0.1, -0.05) is 42.5 Å². The normalized spacial score (nSPS) is 10.6. The standard InChI is InChI=1S/C19H24N2O2/c1-4-21(5-2)19(23)14-20(3)18(22)13-16-11-8-10-15-9-6-7-12-17(15)16/h6-12H,4-5,13-14H2,1-3H3. The van der Waals surface area contributed by atoms with Gasteiger partial charge >= 0.3 is 0 Å². The van der Waals surface area contributed by atoms with Crippen LogP contribution in [0.2, 0.25) is 0 Å². The topological polar surface area (TPSA) is 40.6 Å². The maximum absolute atomic E-state index is 12.4. The fourth-order valence-corrected chi connectivity index (χ4v) is 2.71. The Morgan fingerprint density at radius 2 is 1.57 bits per heavy atom. The molecule has 23 heavy (non-hydrogen) atoms. The smallest absolute Gasteiger partial charge is 0.242 e. The second-order valence-corrected chi connectivity index (χ2v) is 5.63. The number of hydrogen-bond donors (Lipinski definition) is 0. The molecule has 4 nitrogen and oxygen atoms in total. The molecular formula is C19H24N2O2. The summed E-state index contributed by atoms with van der Waals surface area (Å²) in [6.07, 6.45) is 0.309. The van der Waals surface area contributed by atoms with Crippen LogP contribution in [0, 0.1) is 0 Å². The average molecular weight is 312 g/mol. The molecule has 0 aromatic heterocycles. The highest BCUT2D eigenvalue weighted by Crippen LogP contribution is 2.19. The lowest BCUT2D eigenvalue weighted by atomic mass is 10.0. The highest BCUT2D eigenvalue weighted by atomic mass is 16.2. The molecule has 0 heterocycles. The minimum atomic E-state index is -0.0399. The molecule has 0 aliphatic carbocycles. The van der Waals surface area contributed by atoms with Crippen molar-refractivity contribution < 1.29 is 9.59 Å². The highest BCUT2D eigenvalue weighted by molar-refractivity contribution is 5.91. The Hall–Kier alpha value is -2.36. The first-order valence-electron chi connectivity index (χ1n) is 8.05. The summed E-state index contributed by atoms with van der Waals surface area (Å²) >= 11 is 0. The minimum Gasteiger partial charge on any atom is -0.342 e. The van der Waals surface area contributed by atoms with Gasteiger partial charge in [-0.05, 0) is 30.2 Å². The number of nitrogens with zero attached hydrogens (tertiary/aromatic N) is 2. The predicted octanol–water partition coefficient (Wildman–Crippen LogP) is 2.71. The number of carbonyl (C=O) groups excluding carboxylic acids is 2. The second kappa shape index (κ2) is 7.77. The Kier molecular flexibility index (Phi) is 5.74. The molecule has 2 aromatic carbocycles. The Labute approximate surface area is 137 Å². The third-order valence-corrected chi connectivity index (χ3v) is 4.14. The molecule has 0 N–H and O–H groups in total. The van der Waals surface area contributed by atoms with Crippen molar-refractivity contribution in [3.8, 4) is 0 Å². The molecule has 0 saturated carbocycles. The maximum Gasteiger partial charge on any atom is 0.242 e. The van der Waals surface area contributed by atoms with Crippen LogP contribution in [0.3, 0.4) is 0 Å². The summed E-state index contributed by atoms with van der Waals surface area (Å²) in [5.41, 5.74) is 0.996. The first-order valence-corrected chi connectivity index (χ1v) is 8.05. The van der Waals surface area contributed by atoms with E-state index in [1.165, 1.54) is 4.90 Å². The fraction of sp³-hybridized carbons (Fsp3) is 0.368. The van der Waals surface area contributed by atoms with Crippen LogP contribution in [0.5, 0.6) is 0 Å². The highest BCUT2D eigenvalue weighted by Gasteiger charge is 2.17. The summed E-state index contributed by atoms with van der Waals surface area (Å²) in [6, 6.07) is 14.0. The van der Waals surface area contributed by atoms with Crippen LogP contribution < -0.4 is 0 Å². The molecule has 0 aliphatic rings. The van der Waals surface area contributed by atoms with Gasteiger partial charge in [0.15, 0.2) is 0 Å². The maximum atomic E-state index is 12.4. The molecule has 122 valence electrons.